The maximum Gasteiger partial charge on any atom is 0.306 e. The molecular weight excluding hydrogens is 776 g/mol. The number of aliphatic hydroxyl groups is 6. The number of esters is 2. The molecule has 2 unspecified atom stereocenters. The Hall–Kier alpha value is -3.14. The lowest BCUT2D eigenvalue weighted by atomic mass is 9.44. The summed E-state index contributed by atoms with van der Waals surface area (Å²) in [5.41, 5.74) is -5.84. The smallest absolute Gasteiger partial charge is 0.306 e. The zero-order chi connectivity index (χ0) is 43.5. The van der Waals surface area contributed by atoms with Crippen LogP contribution in [0.5, 0.6) is 0 Å². The molecule has 6 saturated carbocycles. The summed E-state index contributed by atoms with van der Waals surface area (Å²) in [6, 6.07) is 0. The molecule has 6 fully saturated rings. The molecule has 0 radical (unpaired) electrons. The van der Waals surface area contributed by atoms with Crippen LogP contribution in [0.25, 0.3) is 0 Å². The van der Waals surface area contributed by atoms with Gasteiger partial charge in [-0.05, 0) is 100 Å². The van der Waals surface area contributed by atoms with Crippen LogP contribution in [0.4, 0.5) is 0 Å². The molecule has 0 aromatic rings. The van der Waals surface area contributed by atoms with Gasteiger partial charge in [0.05, 0.1) is 25.0 Å². The monoisotopic (exact) mass is 838 g/mol. The van der Waals surface area contributed by atoms with E-state index in [0.717, 1.165) is 11.1 Å². The molecule has 16 atom stereocenters. The fourth-order valence-electron chi connectivity index (χ4n) is 15.6. The minimum Gasteiger partial charge on any atom is -0.461 e. The van der Waals surface area contributed by atoms with Crippen LogP contribution in [0.3, 0.4) is 0 Å². The predicted octanol–water partition coefficient (Wildman–Crippen LogP) is 2.40. The SMILES string of the molecule is C[C@]12C[C@H](O)[C@H]3[C@@H](CCC4=CC(=O)CC(OC(=O)CCC(=O)OC5CC(=O)C=C6CC[C@@H]7[C@H]([C@@H](O)C[C@@]8(C)[C@H]7CC[C@]8(O)C(=O)CO)[C@]65C)[C@@]43C)[C@@H]1CC[C@]2(O)C(=O)CO. The summed E-state index contributed by atoms with van der Waals surface area (Å²) >= 11 is 0. The molecule has 8 aliphatic carbocycles. The minimum atomic E-state index is -1.78. The number of ketones is 4. The molecule has 0 spiro atoms. The van der Waals surface area contributed by atoms with Gasteiger partial charge in [0.25, 0.3) is 0 Å². The van der Waals surface area contributed by atoms with Crippen LogP contribution >= 0.6 is 0 Å². The summed E-state index contributed by atoms with van der Waals surface area (Å²) in [5.74, 6) is -4.76. The number of fused-ring (bicyclic) bond motifs is 10. The highest BCUT2D eigenvalue weighted by molar-refractivity contribution is 5.94. The van der Waals surface area contributed by atoms with Crippen LogP contribution in [0, 0.1) is 57.2 Å². The van der Waals surface area contributed by atoms with Gasteiger partial charge in [0.15, 0.2) is 23.1 Å². The third-order valence-corrected chi connectivity index (χ3v) is 18.5. The van der Waals surface area contributed by atoms with Crippen molar-refractivity contribution in [2.75, 3.05) is 13.2 Å². The first kappa shape index (κ1) is 43.5. The Balaban J connectivity index is 0.966. The molecule has 6 N–H and O–H groups in total. The summed E-state index contributed by atoms with van der Waals surface area (Å²) in [4.78, 5) is 79.2. The third kappa shape index (κ3) is 5.93. The molecule has 14 nitrogen and oxygen atoms in total. The lowest BCUT2D eigenvalue weighted by molar-refractivity contribution is -0.199. The third-order valence-electron chi connectivity index (χ3n) is 18.5. The highest BCUT2D eigenvalue weighted by atomic mass is 16.6. The molecule has 8 rings (SSSR count). The Morgan fingerprint density at radius 3 is 1.35 bits per heavy atom. The molecule has 0 amide bonds. The Labute approximate surface area is 350 Å². The average molecular weight is 839 g/mol. The first-order chi connectivity index (χ1) is 28.1. The Bertz CT molecular complexity index is 1800. The highest BCUT2D eigenvalue weighted by Gasteiger charge is 2.71. The zero-order valence-corrected chi connectivity index (χ0v) is 35.2. The lowest BCUT2D eigenvalue weighted by Gasteiger charge is -2.61. The Kier molecular flexibility index (Phi) is 10.7. The average Bonchev–Trinajstić information content (AvgIpc) is 3.62. The maximum absolute atomic E-state index is 13.7. The number of Topliss-reactive ketones (excluding diaryl/α,β-unsaturated/α-hetero) is 2. The van der Waals surface area contributed by atoms with Gasteiger partial charge in [-0.1, -0.05) is 38.8 Å². The van der Waals surface area contributed by atoms with Crippen molar-refractivity contribution in [3.63, 3.8) is 0 Å². The number of ether oxygens (including phenoxy) is 2. The van der Waals surface area contributed by atoms with E-state index < -0.39 is 106 Å². The van der Waals surface area contributed by atoms with Crippen molar-refractivity contribution < 1.29 is 68.9 Å². The van der Waals surface area contributed by atoms with Crippen molar-refractivity contribution in [3.05, 3.63) is 23.3 Å². The number of aliphatic hydroxyl groups excluding tert-OH is 4. The van der Waals surface area contributed by atoms with Crippen molar-refractivity contribution in [1.29, 1.82) is 0 Å². The molecule has 0 aromatic heterocycles. The second-order valence-electron chi connectivity index (χ2n) is 20.7. The van der Waals surface area contributed by atoms with Crippen molar-refractivity contribution >= 4 is 35.1 Å². The fourth-order valence-corrected chi connectivity index (χ4v) is 15.6. The Morgan fingerprint density at radius 2 is 1.00 bits per heavy atom. The van der Waals surface area contributed by atoms with E-state index in [1.54, 1.807) is 12.2 Å². The van der Waals surface area contributed by atoms with Crippen LogP contribution < -0.4 is 0 Å². The van der Waals surface area contributed by atoms with Crippen molar-refractivity contribution in [1.82, 2.24) is 0 Å². The quantitative estimate of drug-likeness (QED) is 0.183. The van der Waals surface area contributed by atoms with Gasteiger partial charge in [0, 0.05) is 46.3 Å². The number of hydrogen-bond acceptors (Lipinski definition) is 14. The molecule has 0 heterocycles. The van der Waals surface area contributed by atoms with Crippen molar-refractivity contribution in [2.45, 2.75) is 153 Å². The van der Waals surface area contributed by atoms with Gasteiger partial charge in [-0.3, -0.25) is 28.8 Å². The molecular formula is C46H62O14. The number of hydrogen-bond donors (Lipinski definition) is 6. The first-order valence-corrected chi connectivity index (χ1v) is 22.1. The van der Waals surface area contributed by atoms with Crippen LogP contribution in [0.2, 0.25) is 0 Å². The molecule has 0 aromatic carbocycles. The van der Waals surface area contributed by atoms with E-state index in [1.807, 2.05) is 27.7 Å². The zero-order valence-electron chi connectivity index (χ0n) is 35.2. The van der Waals surface area contributed by atoms with Gasteiger partial charge >= 0.3 is 11.9 Å². The molecule has 8 aliphatic rings. The highest BCUT2D eigenvalue weighted by Crippen LogP contribution is 2.69. The van der Waals surface area contributed by atoms with Crippen LogP contribution in [0.1, 0.15) is 118 Å². The first-order valence-electron chi connectivity index (χ1n) is 22.1. The van der Waals surface area contributed by atoms with Gasteiger partial charge in [-0.2, -0.15) is 0 Å². The number of rotatable bonds is 9. The minimum absolute atomic E-state index is 0.0914. The van der Waals surface area contributed by atoms with Crippen molar-refractivity contribution in [2.24, 2.45) is 57.2 Å². The van der Waals surface area contributed by atoms with E-state index in [2.05, 4.69) is 0 Å². The van der Waals surface area contributed by atoms with Crippen molar-refractivity contribution in [3.8, 4) is 0 Å². The summed E-state index contributed by atoms with van der Waals surface area (Å²) in [6.45, 7) is 5.83. The van der Waals surface area contributed by atoms with Crippen LogP contribution in [-0.4, -0.2) is 115 Å². The maximum atomic E-state index is 13.7. The topological polar surface area (TPSA) is 242 Å². The number of carbonyl (C=O) groups is 6. The molecule has 60 heavy (non-hydrogen) atoms. The molecule has 14 heteroatoms. The molecule has 0 aliphatic heterocycles. The number of carbonyl (C=O) groups excluding carboxylic acids is 6. The lowest BCUT2D eigenvalue weighted by Crippen LogP contribution is -2.64. The molecule has 0 bridgehead atoms. The summed E-state index contributed by atoms with van der Waals surface area (Å²) in [5, 5.41) is 66.5. The largest absolute Gasteiger partial charge is 0.461 e. The van der Waals surface area contributed by atoms with Gasteiger partial charge in [-0.25, -0.2) is 0 Å². The molecule has 330 valence electrons. The Morgan fingerprint density at radius 1 is 0.633 bits per heavy atom. The van der Waals surface area contributed by atoms with E-state index in [1.165, 1.54) is 0 Å². The van der Waals surface area contributed by atoms with E-state index in [4.69, 9.17) is 9.47 Å². The van der Waals surface area contributed by atoms with E-state index in [9.17, 15) is 59.4 Å². The van der Waals surface area contributed by atoms with Crippen LogP contribution in [0.15, 0.2) is 23.3 Å². The second kappa shape index (κ2) is 14.7. The van der Waals surface area contributed by atoms with Crippen LogP contribution in [-0.2, 0) is 38.2 Å². The van der Waals surface area contributed by atoms with Gasteiger partial charge in [-0.15, -0.1) is 0 Å². The van der Waals surface area contributed by atoms with Gasteiger partial charge in [0.1, 0.15) is 36.6 Å². The van der Waals surface area contributed by atoms with E-state index >= 15 is 0 Å². The molecule has 0 saturated heterocycles. The van der Waals surface area contributed by atoms with E-state index in [0.29, 0.717) is 38.5 Å². The van der Waals surface area contributed by atoms with E-state index in [-0.39, 0.29) is 86.6 Å². The summed E-state index contributed by atoms with van der Waals surface area (Å²) in [7, 11) is 0. The predicted molar refractivity (Wildman–Crippen MR) is 210 cm³/mol. The summed E-state index contributed by atoms with van der Waals surface area (Å²) < 4.78 is 12.2. The standard InChI is InChI=1S/C46H62O14/c1-41-19-31(51)39-27(29(41)11-13-45(41,57)33(53)21-47)7-5-23-15-25(49)17-35(43(23,39)3)59-37(55)9-10-38(56)60-36-18-26(50)16-24-6-8-28-30-12-14-46(58,34(54)22-48)42(30,2)20-32(52)40(28)44(24,36)4/h15-16,27-32,35-36,39-40,47-48,51-52,57-58H,5-14,17-22H2,1-4H3/t27-,28-,29-,30-,31-,32-,35?,36?,39+,40+,41-,42-,43+,44+,45-,46-/m0/s1. The van der Waals surface area contributed by atoms with Gasteiger partial charge in [0.2, 0.25) is 0 Å². The second-order valence-corrected chi connectivity index (χ2v) is 20.7. The fraction of sp³-hybridized carbons (Fsp3) is 0.783. The summed E-state index contributed by atoms with van der Waals surface area (Å²) in [6.07, 6.45) is 2.07. The van der Waals surface area contributed by atoms with Gasteiger partial charge < -0.3 is 40.1 Å². The normalized spacial score (nSPS) is 47.9.